The first-order chi connectivity index (χ1) is 10.3. The molecule has 0 aliphatic carbocycles. The molecule has 0 N–H and O–H groups in total. The summed E-state index contributed by atoms with van der Waals surface area (Å²) < 4.78 is 17.5. The summed E-state index contributed by atoms with van der Waals surface area (Å²) in [4.78, 5) is 0. The Morgan fingerprint density at radius 3 is 2.33 bits per heavy atom. The number of benzene rings is 2. The quantitative estimate of drug-likeness (QED) is 0.705. The van der Waals surface area contributed by atoms with Crippen molar-refractivity contribution in [2.45, 2.75) is 0 Å². The standard InChI is InChI=1S/C17H16O3S/c1-18-11-7-8-12(15(9-11)20-3)13-10-21-16-6-4-5-14(19-2)17(13)16/h4-10H,1-3H3. The molecule has 108 valence electrons. The number of hydrogen-bond donors (Lipinski definition) is 0. The fourth-order valence-corrected chi connectivity index (χ4v) is 3.42. The van der Waals surface area contributed by atoms with Gasteiger partial charge in [-0.25, -0.2) is 0 Å². The van der Waals surface area contributed by atoms with Crippen LogP contribution in [0.25, 0.3) is 21.2 Å². The molecular weight excluding hydrogens is 284 g/mol. The fraction of sp³-hybridized carbons (Fsp3) is 0.176. The van der Waals surface area contributed by atoms with E-state index < -0.39 is 0 Å². The average Bonchev–Trinajstić information content (AvgIpc) is 2.98. The van der Waals surface area contributed by atoms with E-state index in [9.17, 15) is 0 Å². The number of hydrogen-bond acceptors (Lipinski definition) is 4. The molecular formula is C17H16O3S. The molecule has 3 nitrogen and oxygen atoms in total. The molecule has 1 heterocycles. The van der Waals surface area contributed by atoms with Crippen molar-refractivity contribution >= 4 is 21.4 Å². The lowest BCUT2D eigenvalue weighted by atomic mass is 10.0. The van der Waals surface area contributed by atoms with Crippen LogP contribution in [0.4, 0.5) is 0 Å². The largest absolute Gasteiger partial charge is 0.497 e. The van der Waals surface area contributed by atoms with Gasteiger partial charge < -0.3 is 14.2 Å². The molecule has 2 aromatic carbocycles. The molecule has 0 radical (unpaired) electrons. The Labute approximate surface area is 127 Å². The van der Waals surface area contributed by atoms with Gasteiger partial charge in [0.1, 0.15) is 17.2 Å². The van der Waals surface area contributed by atoms with Gasteiger partial charge in [-0.1, -0.05) is 6.07 Å². The van der Waals surface area contributed by atoms with Gasteiger partial charge in [-0.15, -0.1) is 11.3 Å². The molecule has 0 bridgehead atoms. The van der Waals surface area contributed by atoms with E-state index in [-0.39, 0.29) is 0 Å². The number of rotatable bonds is 4. The number of thiophene rings is 1. The van der Waals surface area contributed by atoms with Gasteiger partial charge in [0.15, 0.2) is 0 Å². The van der Waals surface area contributed by atoms with Crippen LogP contribution in [-0.2, 0) is 0 Å². The topological polar surface area (TPSA) is 27.7 Å². The first kappa shape index (κ1) is 13.8. The third-order valence-corrected chi connectivity index (χ3v) is 4.43. The molecule has 1 aromatic heterocycles. The van der Waals surface area contributed by atoms with Crippen LogP contribution in [0.3, 0.4) is 0 Å². The molecule has 0 atom stereocenters. The van der Waals surface area contributed by atoms with Gasteiger partial charge in [0.25, 0.3) is 0 Å². The maximum absolute atomic E-state index is 5.52. The van der Waals surface area contributed by atoms with E-state index in [2.05, 4.69) is 11.4 Å². The molecule has 0 amide bonds. The van der Waals surface area contributed by atoms with Gasteiger partial charge in [0.05, 0.1) is 21.3 Å². The van der Waals surface area contributed by atoms with Gasteiger partial charge >= 0.3 is 0 Å². The zero-order chi connectivity index (χ0) is 14.8. The highest BCUT2D eigenvalue weighted by Crippen LogP contribution is 2.43. The van der Waals surface area contributed by atoms with Gasteiger partial charge in [0, 0.05) is 32.7 Å². The van der Waals surface area contributed by atoms with Crippen LogP contribution in [0, 0.1) is 0 Å². The molecule has 4 heteroatoms. The lowest BCUT2D eigenvalue weighted by Crippen LogP contribution is -1.90. The van der Waals surface area contributed by atoms with E-state index in [1.165, 1.54) is 4.70 Å². The Kier molecular flexibility index (Phi) is 3.71. The highest BCUT2D eigenvalue weighted by Gasteiger charge is 2.15. The molecule has 0 aliphatic heterocycles. The Bertz CT molecular complexity index is 777. The van der Waals surface area contributed by atoms with Crippen LogP contribution in [0.1, 0.15) is 0 Å². The van der Waals surface area contributed by atoms with Crippen molar-refractivity contribution in [1.82, 2.24) is 0 Å². The minimum absolute atomic E-state index is 0.780. The second kappa shape index (κ2) is 5.66. The maximum Gasteiger partial charge on any atom is 0.130 e. The molecule has 0 saturated heterocycles. The van der Waals surface area contributed by atoms with Crippen molar-refractivity contribution in [3.05, 3.63) is 41.8 Å². The molecule has 3 aromatic rings. The summed E-state index contributed by atoms with van der Waals surface area (Å²) in [6.07, 6.45) is 0. The third-order valence-electron chi connectivity index (χ3n) is 3.48. The average molecular weight is 300 g/mol. The third kappa shape index (κ3) is 2.32. The molecule has 0 unspecified atom stereocenters. The summed E-state index contributed by atoms with van der Waals surface area (Å²) in [6.45, 7) is 0. The molecule has 0 spiro atoms. The summed E-state index contributed by atoms with van der Waals surface area (Å²) in [5.41, 5.74) is 2.15. The summed E-state index contributed by atoms with van der Waals surface area (Å²) in [7, 11) is 5.02. The van der Waals surface area contributed by atoms with Crippen molar-refractivity contribution in [2.24, 2.45) is 0 Å². The smallest absolute Gasteiger partial charge is 0.130 e. The van der Waals surface area contributed by atoms with Crippen LogP contribution in [0.2, 0.25) is 0 Å². The number of methoxy groups -OCH3 is 3. The van der Waals surface area contributed by atoms with Crippen molar-refractivity contribution < 1.29 is 14.2 Å². The lowest BCUT2D eigenvalue weighted by Gasteiger charge is -2.11. The molecule has 21 heavy (non-hydrogen) atoms. The van der Waals surface area contributed by atoms with Crippen molar-refractivity contribution in [3.8, 4) is 28.4 Å². The van der Waals surface area contributed by atoms with E-state index in [4.69, 9.17) is 14.2 Å². The van der Waals surface area contributed by atoms with Crippen LogP contribution in [0.15, 0.2) is 41.8 Å². The summed E-state index contributed by atoms with van der Waals surface area (Å²) in [6, 6.07) is 11.9. The molecule has 3 rings (SSSR count). The van der Waals surface area contributed by atoms with Crippen LogP contribution >= 0.6 is 11.3 Å². The zero-order valence-corrected chi connectivity index (χ0v) is 13.0. The highest BCUT2D eigenvalue weighted by atomic mass is 32.1. The molecule has 0 aliphatic rings. The Balaban J connectivity index is 2.25. The van der Waals surface area contributed by atoms with Crippen LogP contribution < -0.4 is 14.2 Å². The second-order valence-corrected chi connectivity index (χ2v) is 5.46. The first-order valence-electron chi connectivity index (χ1n) is 6.55. The normalized spacial score (nSPS) is 10.6. The van der Waals surface area contributed by atoms with E-state index in [1.807, 2.05) is 30.3 Å². The van der Waals surface area contributed by atoms with Gasteiger partial charge in [-0.05, 0) is 24.3 Å². The SMILES string of the molecule is COc1ccc(-c2csc3cccc(OC)c23)c(OC)c1. The minimum Gasteiger partial charge on any atom is -0.497 e. The van der Waals surface area contributed by atoms with E-state index in [1.54, 1.807) is 32.7 Å². The summed E-state index contributed by atoms with van der Waals surface area (Å²) in [5, 5.41) is 3.26. The number of fused-ring (bicyclic) bond motifs is 1. The lowest BCUT2D eigenvalue weighted by molar-refractivity contribution is 0.395. The van der Waals surface area contributed by atoms with Gasteiger partial charge in [-0.2, -0.15) is 0 Å². The number of ether oxygens (including phenoxy) is 3. The van der Waals surface area contributed by atoms with Gasteiger partial charge in [-0.3, -0.25) is 0 Å². The Morgan fingerprint density at radius 2 is 1.62 bits per heavy atom. The second-order valence-electron chi connectivity index (χ2n) is 4.55. The van der Waals surface area contributed by atoms with E-state index in [0.29, 0.717) is 0 Å². The van der Waals surface area contributed by atoms with Crippen molar-refractivity contribution in [3.63, 3.8) is 0 Å². The predicted octanol–water partition coefficient (Wildman–Crippen LogP) is 4.59. The summed E-state index contributed by atoms with van der Waals surface area (Å²) in [5.74, 6) is 2.45. The van der Waals surface area contributed by atoms with Crippen LogP contribution in [-0.4, -0.2) is 21.3 Å². The van der Waals surface area contributed by atoms with E-state index in [0.717, 1.165) is 33.8 Å². The molecule has 0 fully saturated rings. The maximum atomic E-state index is 5.52. The first-order valence-corrected chi connectivity index (χ1v) is 7.43. The molecule has 0 saturated carbocycles. The summed E-state index contributed by atoms with van der Waals surface area (Å²) >= 11 is 1.70. The minimum atomic E-state index is 0.780. The Morgan fingerprint density at radius 1 is 0.810 bits per heavy atom. The predicted molar refractivity (Wildman–Crippen MR) is 86.9 cm³/mol. The van der Waals surface area contributed by atoms with Gasteiger partial charge in [0.2, 0.25) is 0 Å². The van der Waals surface area contributed by atoms with Crippen LogP contribution in [0.5, 0.6) is 17.2 Å². The fourth-order valence-electron chi connectivity index (χ4n) is 2.45. The highest BCUT2D eigenvalue weighted by molar-refractivity contribution is 7.17. The zero-order valence-electron chi connectivity index (χ0n) is 12.2. The monoisotopic (exact) mass is 300 g/mol. The van der Waals surface area contributed by atoms with E-state index >= 15 is 0 Å². The Hall–Kier alpha value is -2.20. The van der Waals surface area contributed by atoms with Crippen molar-refractivity contribution in [2.75, 3.05) is 21.3 Å². The van der Waals surface area contributed by atoms with Crippen molar-refractivity contribution in [1.29, 1.82) is 0 Å².